The molecular weight excluding hydrogens is 490 g/mol. The number of nitrogens with two attached hydrogens (primary N) is 2. The molecule has 0 atom stereocenters. The lowest BCUT2D eigenvalue weighted by atomic mass is 10.1. The van der Waals surface area contributed by atoms with Gasteiger partial charge in [0.15, 0.2) is 0 Å². The van der Waals surface area contributed by atoms with E-state index in [1.54, 1.807) is 0 Å². The van der Waals surface area contributed by atoms with E-state index in [1.807, 2.05) is 0 Å². The number of alkyl halides is 6. The van der Waals surface area contributed by atoms with E-state index in [4.69, 9.17) is 11.5 Å². The van der Waals surface area contributed by atoms with E-state index in [0.717, 1.165) is 12.1 Å². The number of ether oxygens (including phenoxy) is 2. The van der Waals surface area contributed by atoms with Gasteiger partial charge in [-0.2, -0.15) is 43.9 Å². The van der Waals surface area contributed by atoms with E-state index in [-0.39, 0.29) is 0 Å². The van der Waals surface area contributed by atoms with Gasteiger partial charge in [-0.1, -0.05) is 0 Å². The van der Waals surface area contributed by atoms with E-state index < -0.39 is 81.1 Å². The minimum Gasteiger partial charge on any atom is -0.450 e. The van der Waals surface area contributed by atoms with E-state index in [2.05, 4.69) is 9.47 Å². The molecule has 3 aromatic rings. The van der Waals surface area contributed by atoms with Crippen LogP contribution in [0.2, 0.25) is 0 Å². The van der Waals surface area contributed by atoms with Crippen LogP contribution in [0.5, 0.6) is 23.0 Å². The van der Waals surface area contributed by atoms with Gasteiger partial charge in [0, 0.05) is 11.4 Å². The molecule has 4 nitrogen and oxygen atoms in total. The number of rotatable bonds is 4. The van der Waals surface area contributed by atoms with E-state index in [0.29, 0.717) is 24.3 Å². The highest BCUT2D eigenvalue weighted by Gasteiger charge is 2.38. The summed E-state index contributed by atoms with van der Waals surface area (Å²) >= 11 is 0. The highest BCUT2D eigenvalue weighted by molar-refractivity contribution is 5.53. The first-order valence-electron chi connectivity index (χ1n) is 8.76. The lowest BCUT2D eigenvalue weighted by Crippen LogP contribution is -2.11. The summed E-state index contributed by atoms with van der Waals surface area (Å²) in [4.78, 5) is 0. The number of anilines is 2. The molecular formula is C20H10F10N2O2. The van der Waals surface area contributed by atoms with Crippen molar-refractivity contribution in [1.82, 2.24) is 0 Å². The molecule has 0 spiro atoms. The third kappa shape index (κ3) is 4.75. The third-order valence-corrected chi connectivity index (χ3v) is 4.22. The van der Waals surface area contributed by atoms with Gasteiger partial charge in [0.1, 0.15) is 22.6 Å². The fourth-order valence-electron chi connectivity index (χ4n) is 2.71. The summed E-state index contributed by atoms with van der Waals surface area (Å²) in [6.07, 6.45) is -10.3. The zero-order chi connectivity index (χ0) is 25.6. The average molecular weight is 500 g/mol. The fourth-order valence-corrected chi connectivity index (χ4v) is 2.71. The van der Waals surface area contributed by atoms with Gasteiger partial charge in [-0.05, 0) is 36.4 Å². The first-order valence-corrected chi connectivity index (χ1v) is 8.76. The molecule has 14 heteroatoms. The summed E-state index contributed by atoms with van der Waals surface area (Å²) in [7, 11) is 0. The van der Waals surface area contributed by atoms with Gasteiger partial charge in [0.05, 0.1) is 0 Å². The van der Waals surface area contributed by atoms with Crippen LogP contribution in [0, 0.1) is 23.3 Å². The molecule has 0 fully saturated rings. The third-order valence-electron chi connectivity index (χ3n) is 4.22. The molecule has 0 bridgehead atoms. The van der Waals surface area contributed by atoms with Crippen LogP contribution < -0.4 is 20.9 Å². The number of benzene rings is 3. The second kappa shape index (κ2) is 8.50. The normalized spacial score (nSPS) is 12.1. The second-order valence-corrected chi connectivity index (χ2v) is 6.63. The van der Waals surface area contributed by atoms with Gasteiger partial charge in [-0.3, -0.25) is 0 Å². The van der Waals surface area contributed by atoms with Crippen molar-refractivity contribution >= 4 is 11.4 Å². The van der Waals surface area contributed by atoms with Crippen LogP contribution in [0.3, 0.4) is 0 Å². The Morgan fingerprint density at radius 2 is 0.824 bits per heavy atom. The van der Waals surface area contributed by atoms with E-state index in [9.17, 15) is 43.9 Å². The number of halogens is 10. The predicted octanol–water partition coefficient (Wildman–Crippen LogP) is 7.03. The first kappa shape index (κ1) is 24.8. The van der Waals surface area contributed by atoms with Crippen molar-refractivity contribution in [3.05, 3.63) is 70.8 Å². The van der Waals surface area contributed by atoms with Gasteiger partial charge in [0.25, 0.3) is 0 Å². The van der Waals surface area contributed by atoms with E-state index in [1.165, 1.54) is 0 Å². The highest BCUT2D eigenvalue weighted by Crippen LogP contribution is 2.45. The molecule has 0 saturated carbocycles. The van der Waals surface area contributed by atoms with Crippen LogP contribution in [-0.4, -0.2) is 0 Å². The van der Waals surface area contributed by atoms with Crippen molar-refractivity contribution in [2.24, 2.45) is 0 Å². The molecule has 0 aliphatic rings. The van der Waals surface area contributed by atoms with Crippen molar-refractivity contribution in [3.8, 4) is 23.0 Å². The maximum atomic E-state index is 14.5. The minimum absolute atomic E-state index is 0.342. The van der Waals surface area contributed by atoms with Crippen LogP contribution in [0.4, 0.5) is 55.3 Å². The molecule has 182 valence electrons. The van der Waals surface area contributed by atoms with Gasteiger partial charge >= 0.3 is 12.4 Å². The standard InChI is InChI=1S/C20H10F10N2O2/c21-13-15(23)18(34-12-4-2-8(32)6-10(12)20(28,29)30)16(24)14(22)17(13)33-11-3-1-7(31)5-9(11)19(25,26)27/h1-6H,31-32H2. The lowest BCUT2D eigenvalue weighted by molar-refractivity contribution is -0.139. The van der Waals surface area contributed by atoms with Crippen LogP contribution in [-0.2, 0) is 12.4 Å². The fraction of sp³-hybridized carbons (Fsp3) is 0.100. The Balaban J connectivity index is 2.11. The summed E-state index contributed by atoms with van der Waals surface area (Å²) in [5, 5.41) is 0. The zero-order valence-electron chi connectivity index (χ0n) is 16.2. The van der Waals surface area contributed by atoms with Gasteiger partial charge in [0.2, 0.25) is 34.8 Å². The van der Waals surface area contributed by atoms with Crippen molar-refractivity contribution in [1.29, 1.82) is 0 Å². The average Bonchev–Trinajstić information content (AvgIpc) is 2.73. The summed E-state index contributed by atoms with van der Waals surface area (Å²) < 4.78 is 146. The Bertz CT molecular complexity index is 1130. The van der Waals surface area contributed by atoms with Crippen molar-refractivity contribution in [2.45, 2.75) is 12.4 Å². The molecule has 0 amide bonds. The molecule has 0 unspecified atom stereocenters. The van der Waals surface area contributed by atoms with Crippen molar-refractivity contribution in [2.75, 3.05) is 11.5 Å². The topological polar surface area (TPSA) is 70.5 Å². The minimum atomic E-state index is -5.14. The molecule has 0 aliphatic carbocycles. The second-order valence-electron chi connectivity index (χ2n) is 6.63. The van der Waals surface area contributed by atoms with Gasteiger partial charge in [-0.25, -0.2) is 0 Å². The van der Waals surface area contributed by atoms with Crippen molar-refractivity contribution in [3.63, 3.8) is 0 Å². The summed E-state index contributed by atoms with van der Waals surface area (Å²) in [6, 6.07) is 3.47. The lowest BCUT2D eigenvalue weighted by Gasteiger charge is -2.18. The Hall–Kier alpha value is -3.84. The Kier molecular flexibility index (Phi) is 6.20. The molecule has 4 N–H and O–H groups in total. The molecule has 0 saturated heterocycles. The monoisotopic (exact) mass is 500 g/mol. The first-order chi connectivity index (χ1) is 15.6. The Morgan fingerprint density at radius 3 is 1.09 bits per heavy atom. The van der Waals surface area contributed by atoms with Crippen LogP contribution in [0.1, 0.15) is 11.1 Å². The molecule has 0 aromatic heterocycles. The Morgan fingerprint density at radius 1 is 0.529 bits per heavy atom. The molecule has 0 aliphatic heterocycles. The summed E-state index contributed by atoms with van der Waals surface area (Å²) in [5.41, 5.74) is 6.42. The SMILES string of the molecule is Nc1ccc(Oc2c(F)c(F)c(Oc3ccc(N)cc3C(F)(F)F)c(F)c2F)c(C(F)(F)F)c1. The number of nitrogen functional groups attached to an aromatic ring is 2. The largest absolute Gasteiger partial charge is 0.450 e. The van der Waals surface area contributed by atoms with Gasteiger partial charge < -0.3 is 20.9 Å². The quantitative estimate of drug-likeness (QED) is 0.229. The molecule has 0 radical (unpaired) electrons. The van der Waals surface area contributed by atoms with Crippen LogP contribution in [0.15, 0.2) is 36.4 Å². The van der Waals surface area contributed by atoms with Gasteiger partial charge in [-0.15, -0.1) is 0 Å². The summed E-state index contributed by atoms with van der Waals surface area (Å²) in [6.45, 7) is 0. The van der Waals surface area contributed by atoms with Crippen molar-refractivity contribution < 1.29 is 53.4 Å². The molecule has 3 aromatic carbocycles. The molecule has 34 heavy (non-hydrogen) atoms. The predicted molar refractivity (Wildman–Crippen MR) is 98.1 cm³/mol. The zero-order valence-corrected chi connectivity index (χ0v) is 16.2. The number of hydrogen-bond donors (Lipinski definition) is 2. The van der Waals surface area contributed by atoms with E-state index >= 15 is 0 Å². The van der Waals surface area contributed by atoms with Crippen LogP contribution >= 0.6 is 0 Å². The molecule has 3 rings (SSSR count). The summed E-state index contributed by atoms with van der Waals surface area (Å²) in [5.74, 6) is -15.9. The smallest absolute Gasteiger partial charge is 0.420 e. The van der Waals surface area contributed by atoms with Crippen LogP contribution in [0.25, 0.3) is 0 Å². The number of hydrogen-bond acceptors (Lipinski definition) is 4. The highest BCUT2D eigenvalue weighted by atomic mass is 19.4. The maximum absolute atomic E-state index is 14.5. The Labute approximate surface area is 183 Å². The molecule has 0 heterocycles. The maximum Gasteiger partial charge on any atom is 0.420 e.